The summed E-state index contributed by atoms with van der Waals surface area (Å²) in [5.41, 5.74) is 6.31. The largest absolute Gasteiger partial charge is 0.329 e. The van der Waals surface area contributed by atoms with E-state index in [1.165, 1.54) is 32.2 Å². The second-order valence-electron chi connectivity index (χ2n) is 5.32. The van der Waals surface area contributed by atoms with E-state index in [0.29, 0.717) is 0 Å². The Bertz CT molecular complexity index is 162. The highest BCUT2D eigenvalue weighted by molar-refractivity contribution is 4.90. The van der Waals surface area contributed by atoms with Crippen LogP contribution in [0.2, 0.25) is 0 Å². The first kappa shape index (κ1) is 15.9. The fraction of sp³-hybridized carbons (Fsp3) is 1.00. The number of rotatable bonds is 9. The van der Waals surface area contributed by atoms with Crippen molar-refractivity contribution in [1.29, 1.82) is 0 Å². The van der Waals surface area contributed by atoms with Crippen molar-refractivity contribution in [1.82, 2.24) is 4.90 Å². The van der Waals surface area contributed by atoms with Crippen LogP contribution in [0.3, 0.4) is 0 Å². The molecule has 0 radical (unpaired) electrons. The van der Waals surface area contributed by atoms with E-state index in [-0.39, 0.29) is 5.54 Å². The van der Waals surface area contributed by atoms with E-state index in [0.717, 1.165) is 19.0 Å². The molecule has 0 aliphatic heterocycles. The quantitative estimate of drug-likeness (QED) is 0.656. The predicted molar refractivity (Wildman–Crippen MR) is 73.7 cm³/mol. The number of nitrogens with two attached hydrogens (primary N) is 1. The molecule has 2 N–H and O–H groups in total. The van der Waals surface area contributed by atoms with Gasteiger partial charge in [0.2, 0.25) is 0 Å². The molecule has 0 saturated heterocycles. The average molecular weight is 228 g/mol. The lowest BCUT2D eigenvalue weighted by Crippen LogP contribution is -2.54. The fourth-order valence-corrected chi connectivity index (χ4v) is 2.54. The van der Waals surface area contributed by atoms with Crippen LogP contribution in [0.25, 0.3) is 0 Å². The third-order valence-corrected chi connectivity index (χ3v) is 3.67. The summed E-state index contributed by atoms with van der Waals surface area (Å²) in [6, 6.07) is 0. The molecular formula is C14H32N2. The van der Waals surface area contributed by atoms with Gasteiger partial charge in [-0.05, 0) is 25.3 Å². The van der Waals surface area contributed by atoms with Gasteiger partial charge in [-0.15, -0.1) is 0 Å². The number of unbranched alkanes of at least 4 members (excludes halogenated alkanes) is 1. The molecule has 0 aliphatic rings. The lowest BCUT2D eigenvalue weighted by Gasteiger charge is -2.43. The highest BCUT2D eigenvalue weighted by atomic mass is 15.2. The van der Waals surface area contributed by atoms with Gasteiger partial charge in [-0.25, -0.2) is 0 Å². The number of likely N-dealkylation sites (N-methyl/N-ethyl adjacent to an activating group) is 1. The van der Waals surface area contributed by atoms with E-state index in [1.54, 1.807) is 0 Å². The van der Waals surface area contributed by atoms with Crippen molar-refractivity contribution in [2.45, 2.75) is 65.8 Å². The summed E-state index contributed by atoms with van der Waals surface area (Å²) >= 11 is 0. The van der Waals surface area contributed by atoms with E-state index >= 15 is 0 Å². The van der Waals surface area contributed by atoms with Gasteiger partial charge in [-0.2, -0.15) is 0 Å². The lowest BCUT2D eigenvalue weighted by molar-refractivity contribution is 0.0716. The van der Waals surface area contributed by atoms with E-state index < -0.39 is 0 Å². The van der Waals surface area contributed by atoms with Crippen LogP contribution >= 0.6 is 0 Å². The normalized spacial score (nSPS) is 15.8. The third kappa shape index (κ3) is 4.42. The number of nitrogens with zero attached hydrogens (tertiary/aromatic N) is 1. The van der Waals surface area contributed by atoms with Crippen molar-refractivity contribution in [3.63, 3.8) is 0 Å². The van der Waals surface area contributed by atoms with E-state index in [2.05, 4.69) is 39.5 Å². The minimum absolute atomic E-state index is 0.245. The summed E-state index contributed by atoms with van der Waals surface area (Å²) < 4.78 is 0. The molecule has 2 heteroatoms. The first-order valence-electron chi connectivity index (χ1n) is 7.01. The van der Waals surface area contributed by atoms with Crippen molar-refractivity contribution < 1.29 is 0 Å². The summed E-state index contributed by atoms with van der Waals surface area (Å²) in [4.78, 5) is 2.60. The summed E-state index contributed by atoms with van der Waals surface area (Å²) in [5, 5.41) is 0. The average Bonchev–Trinajstić information content (AvgIpc) is 2.28. The monoisotopic (exact) mass is 228 g/mol. The van der Waals surface area contributed by atoms with Crippen LogP contribution in [0.15, 0.2) is 0 Å². The molecule has 0 bridgehead atoms. The summed E-state index contributed by atoms with van der Waals surface area (Å²) in [6.45, 7) is 14.5. The van der Waals surface area contributed by atoms with Crippen LogP contribution in [-0.2, 0) is 0 Å². The molecular weight excluding hydrogens is 196 g/mol. The summed E-state index contributed by atoms with van der Waals surface area (Å²) in [7, 11) is 0. The van der Waals surface area contributed by atoms with Crippen molar-refractivity contribution >= 4 is 0 Å². The number of hydrogen-bond acceptors (Lipinski definition) is 2. The minimum atomic E-state index is 0.245. The predicted octanol–water partition coefficient (Wildman–Crippen LogP) is 3.26. The lowest BCUT2D eigenvalue weighted by atomic mass is 9.87. The Morgan fingerprint density at radius 2 is 1.81 bits per heavy atom. The van der Waals surface area contributed by atoms with Crippen LogP contribution in [-0.4, -0.2) is 30.1 Å². The van der Waals surface area contributed by atoms with Crippen molar-refractivity contribution in [3.8, 4) is 0 Å². The molecule has 1 unspecified atom stereocenters. The molecule has 0 rings (SSSR count). The van der Waals surface area contributed by atoms with Crippen molar-refractivity contribution in [2.75, 3.05) is 19.6 Å². The SMILES string of the molecule is CCCCC(CC)(CN)N(CC)CC(C)C. The molecule has 0 fully saturated rings. The molecule has 0 spiro atoms. The Morgan fingerprint density at radius 3 is 2.12 bits per heavy atom. The molecule has 0 aromatic rings. The number of hydrogen-bond donors (Lipinski definition) is 1. The van der Waals surface area contributed by atoms with Crippen LogP contribution in [0.5, 0.6) is 0 Å². The molecule has 0 heterocycles. The highest BCUT2D eigenvalue weighted by Gasteiger charge is 2.32. The zero-order chi connectivity index (χ0) is 12.6. The fourth-order valence-electron chi connectivity index (χ4n) is 2.54. The van der Waals surface area contributed by atoms with Crippen LogP contribution in [0.4, 0.5) is 0 Å². The molecule has 0 aliphatic carbocycles. The maximum Gasteiger partial charge on any atom is 0.0329 e. The maximum absolute atomic E-state index is 6.07. The van der Waals surface area contributed by atoms with Gasteiger partial charge >= 0.3 is 0 Å². The van der Waals surface area contributed by atoms with Gasteiger partial charge < -0.3 is 5.73 Å². The van der Waals surface area contributed by atoms with Gasteiger partial charge in [0.25, 0.3) is 0 Å². The second kappa shape index (κ2) is 8.08. The molecule has 0 aromatic heterocycles. The molecule has 1 atom stereocenters. The summed E-state index contributed by atoms with van der Waals surface area (Å²) in [5.74, 6) is 0.721. The smallest absolute Gasteiger partial charge is 0.0329 e. The molecule has 0 aromatic carbocycles. The van der Waals surface area contributed by atoms with Crippen LogP contribution < -0.4 is 5.73 Å². The van der Waals surface area contributed by atoms with Gasteiger partial charge in [-0.3, -0.25) is 4.90 Å². The molecule has 98 valence electrons. The Kier molecular flexibility index (Phi) is 8.04. The van der Waals surface area contributed by atoms with Gasteiger partial charge in [0.1, 0.15) is 0 Å². The Hall–Kier alpha value is -0.0800. The molecule has 0 saturated carbocycles. The zero-order valence-electron chi connectivity index (χ0n) is 12.1. The minimum Gasteiger partial charge on any atom is -0.329 e. The van der Waals surface area contributed by atoms with Crippen LogP contribution in [0.1, 0.15) is 60.3 Å². The van der Waals surface area contributed by atoms with Crippen molar-refractivity contribution in [3.05, 3.63) is 0 Å². The Labute approximate surface area is 103 Å². The third-order valence-electron chi connectivity index (χ3n) is 3.67. The topological polar surface area (TPSA) is 29.3 Å². The zero-order valence-corrected chi connectivity index (χ0v) is 12.1. The standard InChI is InChI=1S/C14H32N2/c1-6-9-10-14(7-2,12-15)16(8-3)11-13(4)5/h13H,6-12,15H2,1-5H3. The highest BCUT2D eigenvalue weighted by Crippen LogP contribution is 2.26. The summed E-state index contributed by atoms with van der Waals surface area (Å²) in [6.07, 6.45) is 4.97. The maximum atomic E-state index is 6.07. The first-order valence-corrected chi connectivity index (χ1v) is 7.01. The van der Waals surface area contributed by atoms with E-state index in [4.69, 9.17) is 5.73 Å². The van der Waals surface area contributed by atoms with Gasteiger partial charge in [0, 0.05) is 18.6 Å². The Balaban J connectivity index is 4.66. The van der Waals surface area contributed by atoms with E-state index in [9.17, 15) is 0 Å². The van der Waals surface area contributed by atoms with Crippen LogP contribution in [0, 0.1) is 5.92 Å². The first-order chi connectivity index (χ1) is 7.56. The second-order valence-corrected chi connectivity index (χ2v) is 5.32. The van der Waals surface area contributed by atoms with Gasteiger partial charge in [0.05, 0.1) is 0 Å². The molecule has 16 heavy (non-hydrogen) atoms. The molecule has 2 nitrogen and oxygen atoms in total. The van der Waals surface area contributed by atoms with Crippen molar-refractivity contribution in [2.24, 2.45) is 11.7 Å². The van der Waals surface area contributed by atoms with E-state index in [1.807, 2.05) is 0 Å². The molecule has 0 amide bonds. The van der Waals surface area contributed by atoms with Gasteiger partial charge in [-0.1, -0.05) is 47.5 Å². The Morgan fingerprint density at radius 1 is 1.19 bits per heavy atom. The van der Waals surface area contributed by atoms with Gasteiger partial charge in [0.15, 0.2) is 0 Å².